The molecule has 0 radical (unpaired) electrons. The highest BCUT2D eigenvalue weighted by atomic mass is 35.5. The Morgan fingerprint density at radius 2 is 1.03 bits per heavy atom. The summed E-state index contributed by atoms with van der Waals surface area (Å²) in [5, 5.41) is 1.57. The molecule has 180 valence electrons. The maximum Gasteiger partial charge on any atom is 0.250 e. The Labute approximate surface area is 208 Å². The molecule has 0 saturated heterocycles. The van der Waals surface area contributed by atoms with Crippen LogP contribution in [0.1, 0.15) is 41.5 Å². The number of fused-ring (bicyclic) bond motifs is 2. The van der Waals surface area contributed by atoms with Crippen molar-refractivity contribution in [2.75, 3.05) is 0 Å². The van der Waals surface area contributed by atoms with Crippen LogP contribution in [0.25, 0.3) is 21.9 Å². The first-order valence-electron chi connectivity index (χ1n) is 11.1. The summed E-state index contributed by atoms with van der Waals surface area (Å²) in [4.78, 5) is 13.3. The van der Waals surface area contributed by atoms with E-state index in [-0.39, 0.29) is 15.5 Å². The Morgan fingerprint density at radius 1 is 0.697 bits per heavy atom. The minimum absolute atomic E-state index is 0.00223. The van der Waals surface area contributed by atoms with Gasteiger partial charge in [-0.25, -0.2) is 0 Å². The van der Waals surface area contributed by atoms with Crippen LogP contribution >= 0.6 is 23.2 Å². The predicted molar refractivity (Wildman–Crippen MR) is 146 cm³/mol. The van der Waals surface area contributed by atoms with Crippen LogP contribution in [0.2, 0.25) is 46.3 Å². The average Bonchev–Trinajstić information content (AvgIpc) is 2.63. The van der Waals surface area contributed by atoms with Crippen molar-refractivity contribution in [2.45, 2.75) is 77.8 Å². The van der Waals surface area contributed by atoms with E-state index < -0.39 is 16.6 Å². The molecule has 4 nitrogen and oxygen atoms in total. The highest BCUT2D eigenvalue weighted by molar-refractivity contribution is 6.75. The molecule has 3 rings (SSSR count). The van der Waals surface area contributed by atoms with E-state index in [1.165, 1.54) is 0 Å². The maximum atomic E-state index is 13.3. The van der Waals surface area contributed by atoms with E-state index in [0.29, 0.717) is 43.5 Å². The molecule has 1 aromatic heterocycles. The fourth-order valence-corrected chi connectivity index (χ4v) is 5.45. The van der Waals surface area contributed by atoms with Gasteiger partial charge in [-0.3, -0.25) is 4.79 Å². The lowest BCUT2D eigenvalue weighted by Gasteiger charge is -2.36. The Bertz CT molecular complexity index is 1190. The molecule has 0 saturated carbocycles. The molecule has 0 aliphatic rings. The number of benzene rings is 2. The largest absolute Gasteiger partial charge is 0.542 e. The van der Waals surface area contributed by atoms with Gasteiger partial charge in [-0.05, 0) is 48.4 Å². The first-order valence-corrected chi connectivity index (χ1v) is 17.7. The molecule has 2 aromatic carbocycles. The third-order valence-corrected chi connectivity index (χ3v) is 16.4. The van der Waals surface area contributed by atoms with Gasteiger partial charge in [-0.1, -0.05) is 64.7 Å². The summed E-state index contributed by atoms with van der Waals surface area (Å²) in [7, 11) is -4.26. The smallest absolute Gasteiger partial charge is 0.250 e. The molecule has 8 heteroatoms. The molecule has 0 unspecified atom stereocenters. The van der Waals surface area contributed by atoms with Crippen LogP contribution in [0.4, 0.5) is 0 Å². The molecule has 33 heavy (non-hydrogen) atoms. The molecule has 0 spiro atoms. The van der Waals surface area contributed by atoms with Crippen LogP contribution < -0.4 is 14.3 Å². The van der Waals surface area contributed by atoms with E-state index in [4.69, 9.17) is 36.5 Å². The van der Waals surface area contributed by atoms with Gasteiger partial charge >= 0.3 is 0 Å². The first-order chi connectivity index (χ1) is 14.8. The van der Waals surface area contributed by atoms with Gasteiger partial charge in [-0.15, -0.1) is 0 Å². The van der Waals surface area contributed by atoms with Gasteiger partial charge in [0.1, 0.15) is 22.7 Å². The SMILES string of the molecule is CC(C)(C)[Si](C)(C)Oc1cc2oc3cc(O[Si](C)(C)C(C)(C)C)c(Cl)cc3c(=O)c2cc1Cl. The Morgan fingerprint density at radius 3 is 1.33 bits per heavy atom. The minimum Gasteiger partial charge on any atom is -0.542 e. The van der Waals surface area contributed by atoms with Gasteiger partial charge < -0.3 is 13.3 Å². The zero-order valence-corrected chi connectivity index (χ0v) is 24.7. The second-order valence-electron chi connectivity index (χ2n) is 11.7. The fourth-order valence-electron chi connectivity index (χ4n) is 2.87. The van der Waals surface area contributed by atoms with E-state index in [1.807, 2.05) is 0 Å². The fraction of sp³-hybridized carbons (Fsp3) is 0.480. The highest BCUT2D eigenvalue weighted by Gasteiger charge is 2.40. The van der Waals surface area contributed by atoms with Gasteiger partial charge in [0.15, 0.2) is 0 Å². The zero-order chi connectivity index (χ0) is 25.1. The van der Waals surface area contributed by atoms with Crippen molar-refractivity contribution in [2.24, 2.45) is 0 Å². The quantitative estimate of drug-likeness (QED) is 0.252. The summed E-state index contributed by atoms with van der Waals surface area (Å²) < 4.78 is 19.0. The predicted octanol–water partition coefficient (Wildman–Crippen LogP) is 9.02. The van der Waals surface area contributed by atoms with Crippen LogP contribution in [0.3, 0.4) is 0 Å². The second kappa shape index (κ2) is 8.33. The normalized spacial score (nSPS) is 13.6. The summed E-state index contributed by atoms with van der Waals surface area (Å²) in [5.74, 6) is 1.06. The average molecular weight is 526 g/mol. The van der Waals surface area contributed by atoms with Gasteiger partial charge in [0.25, 0.3) is 16.6 Å². The van der Waals surface area contributed by atoms with Gasteiger partial charge in [-0.2, -0.15) is 0 Å². The summed E-state index contributed by atoms with van der Waals surface area (Å²) >= 11 is 13.1. The van der Waals surface area contributed by atoms with E-state index in [9.17, 15) is 4.79 Å². The summed E-state index contributed by atoms with van der Waals surface area (Å²) in [6, 6.07) is 6.70. The van der Waals surface area contributed by atoms with Crippen molar-refractivity contribution in [1.82, 2.24) is 0 Å². The topological polar surface area (TPSA) is 48.7 Å². The standard InChI is InChI=1S/C25H34Cl2O4Si2/c1-24(2,3)32(7,8)30-21-13-19-15(11-17(21)26)23(28)16-12-18(27)22(14-20(16)29-19)31-33(9,10)25(4,5)6/h11-14H,1-10H3. The van der Waals surface area contributed by atoms with Crippen LogP contribution in [0, 0.1) is 0 Å². The van der Waals surface area contributed by atoms with Crippen molar-refractivity contribution < 1.29 is 13.3 Å². The molecule has 0 atom stereocenters. The number of halogens is 2. The van der Waals surface area contributed by atoms with Crippen LogP contribution in [-0.2, 0) is 0 Å². The molecule has 1 heterocycles. The van der Waals surface area contributed by atoms with E-state index in [0.717, 1.165) is 0 Å². The Kier molecular flexibility index (Phi) is 6.59. The molecule has 0 aliphatic heterocycles. The van der Waals surface area contributed by atoms with Crippen LogP contribution in [-0.4, -0.2) is 16.6 Å². The Balaban J connectivity index is 2.18. The second-order valence-corrected chi connectivity index (χ2v) is 22.0. The highest BCUT2D eigenvalue weighted by Crippen LogP contribution is 2.42. The molecular formula is C25H34Cl2O4Si2. The van der Waals surface area contributed by atoms with E-state index in [2.05, 4.69) is 67.7 Å². The molecule has 0 aliphatic carbocycles. The van der Waals surface area contributed by atoms with Crippen molar-refractivity contribution in [3.05, 3.63) is 44.5 Å². The monoisotopic (exact) mass is 524 g/mol. The van der Waals surface area contributed by atoms with Gasteiger partial charge in [0.2, 0.25) is 5.43 Å². The molecule has 0 bridgehead atoms. The van der Waals surface area contributed by atoms with Crippen LogP contribution in [0.15, 0.2) is 33.5 Å². The molecule has 0 fully saturated rings. The Hall–Kier alpha value is -1.48. The lowest BCUT2D eigenvalue weighted by molar-refractivity contribution is 0.490. The summed E-state index contributed by atoms with van der Waals surface area (Å²) in [6.07, 6.45) is 0. The maximum absolute atomic E-state index is 13.3. The summed E-state index contributed by atoms with van der Waals surface area (Å²) in [6.45, 7) is 21.6. The lowest BCUT2D eigenvalue weighted by Crippen LogP contribution is -2.44. The number of hydrogen-bond acceptors (Lipinski definition) is 4. The number of rotatable bonds is 4. The van der Waals surface area contributed by atoms with E-state index in [1.54, 1.807) is 24.3 Å². The molecule has 3 aromatic rings. The third-order valence-electron chi connectivity index (χ3n) is 7.12. The molecular weight excluding hydrogens is 491 g/mol. The zero-order valence-electron chi connectivity index (χ0n) is 21.2. The van der Waals surface area contributed by atoms with Crippen molar-refractivity contribution in [1.29, 1.82) is 0 Å². The van der Waals surface area contributed by atoms with Crippen LogP contribution in [0.5, 0.6) is 11.5 Å². The van der Waals surface area contributed by atoms with Gasteiger partial charge in [0, 0.05) is 12.1 Å². The van der Waals surface area contributed by atoms with Crippen molar-refractivity contribution >= 4 is 61.8 Å². The van der Waals surface area contributed by atoms with Crippen molar-refractivity contribution in [3.8, 4) is 11.5 Å². The number of hydrogen-bond donors (Lipinski definition) is 0. The van der Waals surface area contributed by atoms with Gasteiger partial charge in [0.05, 0.1) is 20.8 Å². The first kappa shape index (κ1) is 26.1. The minimum atomic E-state index is -2.13. The molecule has 0 amide bonds. The third kappa shape index (κ3) is 4.99. The van der Waals surface area contributed by atoms with Crippen molar-refractivity contribution in [3.63, 3.8) is 0 Å². The molecule has 0 N–H and O–H groups in total. The summed E-state index contributed by atoms with van der Waals surface area (Å²) in [5.41, 5.74) is 0.658. The van der Waals surface area contributed by atoms with E-state index >= 15 is 0 Å². The lowest BCUT2D eigenvalue weighted by atomic mass is 10.1.